The largest absolute Gasteiger partial charge is 0.482 e. The minimum absolute atomic E-state index is 0.209. The average Bonchev–Trinajstić information content (AvgIpc) is 3.10. The highest BCUT2D eigenvalue weighted by Gasteiger charge is 2.33. The Balaban J connectivity index is 1.82. The van der Waals surface area contributed by atoms with Crippen LogP contribution in [0.25, 0.3) is 0 Å². The highest BCUT2D eigenvalue weighted by Crippen LogP contribution is 2.33. The Bertz CT molecular complexity index is 714. The molecule has 2 rings (SSSR count). The van der Waals surface area contributed by atoms with Crippen LogP contribution in [0.2, 0.25) is 15.1 Å². The van der Waals surface area contributed by atoms with Crippen LogP contribution in [0.4, 0.5) is 0 Å². The van der Waals surface area contributed by atoms with Gasteiger partial charge in [0.1, 0.15) is 11.8 Å². The van der Waals surface area contributed by atoms with Gasteiger partial charge in [-0.15, -0.1) is 0 Å². The van der Waals surface area contributed by atoms with E-state index in [9.17, 15) is 14.4 Å². The van der Waals surface area contributed by atoms with E-state index < -0.39 is 11.9 Å². The fourth-order valence-corrected chi connectivity index (χ4v) is 3.18. The molecular weight excluding hydrogens is 405 g/mol. The summed E-state index contributed by atoms with van der Waals surface area (Å²) in [6, 6.07) is 2.33. The summed E-state index contributed by atoms with van der Waals surface area (Å²) >= 11 is 17.7. The van der Waals surface area contributed by atoms with Crippen LogP contribution < -0.4 is 15.4 Å². The molecule has 26 heavy (non-hydrogen) atoms. The number of hydrogen-bond donors (Lipinski definition) is 2. The molecule has 1 aromatic rings. The van der Waals surface area contributed by atoms with Crippen molar-refractivity contribution in [3.05, 3.63) is 27.2 Å². The molecule has 1 aliphatic rings. The highest BCUT2D eigenvalue weighted by atomic mass is 35.5. The van der Waals surface area contributed by atoms with Gasteiger partial charge in [0.05, 0.1) is 21.6 Å². The number of carbonyl (C=O) groups is 3. The van der Waals surface area contributed by atoms with E-state index in [-0.39, 0.29) is 45.8 Å². The van der Waals surface area contributed by atoms with Gasteiger partial charge in [-0.05, 0) is 18.9 Å². The lowest BCUT2D eigenvalue weighted by atomic mass is 10.2. The van der Waals surface area contributed by atoms with Gasteiger partial charge in [0.2, 0.25) is 11.8 Å². The Morgan fingerprint density at radius 2 is 1.88 bits per heavy atom. The molecule has 1 atom stereocenters. The molecule has 7 nitrogen and oxygen atoms in total. The summed E-state index contributed by atoms with van der Waals surface area (Å²) in [7, 11) is 1.52. The second-order valence-electron chi connectivity index (χ2n) is 5.62. The van der Waals surface area contributed by atoms with Gasteiger partial charge in [-0.1, -0.05) is 34.8 Å². The van der Waals surface area contributed by atoms with E-state index in [0.717, 1.165) is 6.42 Å². The van der Waals surface area contributed by atoms with Crippen LogP contribution in [0.1, 0.15) is 12.8 Å². The normalized spacial score (nSPS) is 16.3. The molecule has 142 valence electrons. The molecule has 0 saturated carbocycles. The molecule has 1 aliphatic heterocycles. The van der Waals surface area contributed by atoms with Crippen LogP contribution >= 0.6 is 34.8 Å². The first kappa shape index (κ1) is 20.6. The maximum absolute atomic E-state index is 12.2. The summed E-state index contributed by atoms with van der Waals surface area (Å²) < 4.78 is 5.29. The van der Waals surface area contributed by atoms with Crippen LogP contribution in [-0.2, 0) is 14.4 Å². The van der Waals surface area contributed by atoms with Crippen LogP contribution in [-0.4, -0.2) is 55.4 Å². The first-order valence-corrected chi connectivity index (χ1v) is 9.02. The van der Waals surface area contributed by atoms with Crippen molar-refractivity contribution in [3.8, 4) is 5.75 Å². The minimum Gasteiger partial charge on any atom is -0.482 e. The summed E-state index contributed by atoms with van der Waals surface area (Å²) in [5.41, 5.74) is 0. The molecule has 0 radical (unpaired) electrons. The molecular formula is C16H18Cl3N3O4. The van der Waals surface area contributed by atoms with E-state index in [1.165, 1.54) is 24.1 Å². The van der Waals surface area contributed by atoms with E-state index in [0.29, 0.717) is 13.0 Å². The van der Waals surface area contributed by atoms with E-state index in [4.69, 9.17) is 39.5 Å². The molecule has 10 heteroatoms. The fourth-order valence-electron chi connectivity index (χ4n) is 2.59. The zero-order valence-corrected chi connectivity index (χ0v) is 16.2. The summed E-state index contributed by atoms with van der Waals surface area (Å²) in [4.78, 5) is 37.3. The first-order valence-electron chi connectivity index (χ1n) is 7.88. The lowest BCUT2D eigenvalue weighted by Gasteiger charge is -2.23. The van der Waals surface area contributed by atoms with Crippen LogP contribution in [0.5, 0.6) is 5.75 Å². The summed E-state index contributed by atoms with van der Waals surface area (Å²) in [6.07, 6.45) is 1.36. The molecule has 1 aromatic carbocycles. The maximum Gasteiger partial charge on any atom is 0.258 e. The molecule has 1 unspecified atom stereocenters. The van der Waals surface area contributed by atoms with Gasteiger partial charge in [0.15, 0.2) is 6.61 Å². The van der Waals surface area contributed by atoms with E-state index in [1.807, 2.05) is 0 Å². The van der Waals surface area contributed by atoms with Gasteiger partial charge in [-0.25, -0.2) is 0 Å². The molecule has 2 N–H and O–H groups in total. The molecule has 1 saturated heterocycles. The SMILES string of the molecule is CNC(=O)C1CCCN1C(=O)CNC(=O)COc1cc(Cl)c(Cl)cc1Cl. The van der Waals surface area contributed by atoms with Gasteiger partial charge in [0.25, 0.3) is 5.91 Å². The third kappa shape index (κ3) is 5.16. The Morgan fingerprint density at radius 3 is 2.58 bits per heavy atom. The second kappa shape index (κ2) is 9.30. The predicted octanol–water partition coefficient (Wildman–Crippen LogP) is 1.88. The minimum atomic E-state index is -0.504. The monoisotopic (exact) mass is 421 g/mol. The van der Waals surface area contributed by atoms with Gasteiger partial charge in [0, 0.05) is 19.7 Å². The standard InChI is InChI=1S/C16H18Cl3N3O4/c1-20-16(25)12-3-2-4-22(12)15(24)7-21-14(23)8-26-13-6-10(18)9(17)5-11(13)19/h5-6,12H,2-4,7-8H2,1H3,(H,20,25)(H,21,23). The highest BCUT2D eigenvalue weighted by molar-refractivity contribution is 6.43. The zero-order valence-electron chi connectivity index (χ0n) is 14.0. The smallest absolute Gasteiger partial charge is 0.258 e. The van der Waals surface area contributed by atoms with Crippen molar-refractivity contribution < 1.29 is 19.1 Å². The Hall–Kier alpha value is -1.70. The molecule has 0 bridgehead atoms. The number of ether oxygens (including phenoxy) is 1. The Labute approximate surface area is 165 Å². The van der Waals surface area contributed by atoms with Crippen molar-refractivity contribution in [2.45, 2.75) is 18.9 Å². The number of likely N-dealkylation sites (N-methyl/N-ethyl adjacent to an activating group) is 1. The van der Waals surface area contributed by atoms with E-state index in [1.54, 1.807) is 0 Å². The third-order valence-corrected chi connectivity index (χ3v) is 4.91. The maximum atomic E-state index is 12.2. The molecule has 1 heterocycles. The van der Waals surface area contributed by atoms with Crippen LogP contribution in [0.15, 0.2) is 12.1 Å². The third-order valence-electron chi connectivity index (χ3n) is 3.89. The summed E-state index contributed by atoms with van der Waals surface area (Å²) in [5.74, 6) is -0.824. The topological polar surface area (TPSA) is 87.7 Å². The molecule has 1 fully saturated rings. The van der Waals surface area contributed by atoms with Crippen molar-refractivity contribution in [3.63, 3.8) is 0 Å². The number of halogens is 3. The van der Waals surface area contributed by atoms with Gasteiger partial charge < -0.3 is 20.3 Å². The van der Waals surface area contributed by atoms with Gasteiger partial charge in [-0.3, -0.25) is 14.4 Å². The number of hydrogen-bond acceptors (Lipinski definition) is 4. The Morgan fingerprint density at radius 1 is 1.19 bits per heavy atom. The van der Waals surface area contributed by atoms with Gasteiger partial charge in [-0.2, -0.15) is 0 Å². The van der Waals surface area contributed by atoms with Crippen molar-refractivity contribution in [1.29, 1.82) is 0 Å². The van der Waals surface area contributed by atoms with Crippen LogP contribution in [0.3, 0.4) is 0 Å². The molecule has 0 aromatic heterocycles. The summed E-state index contributed by atoms with van der Waals surface area (Å²) in [6.45, 7) is -0.0726. The lowest BCUT2D eigenvalue weighted by molar-refractivity contribution is -0.138. The summed E-state index contributed by atoms with van der Waals surface area (Å²) in [5, 5.41) is 5.74. The number of nitrogens with one attached hydrogen (secondary N) is 2. The van der Waals surface area contributed by atoms with E-state index >= 15 is 0 Å². The number of nitrogens with zero attached hydrogens (tertiary/aromatic N) is 1. The number of rotatable bonds is 6. The van der Waals surface area contributed by atoms with Crippen molar-refractivity contribution in [2.24, 2.45) is 0 Å². The van der Waals surface area contributed by atoms with Crippen molar-refractivity contribution in [1.82, 2.24) is 15.5 Å². The van der Waals surface area contributed by atoms with Crippen molar-refractivity contribution in [2.75, 3.05) is 26.7 Å². The number of likely N-dealkylation sites (tertiary alicyclic amines) is 1. The Kier molecular flexibility index (Phi) is 7.37. The second-order valence-corrected chi connectivity index (χ2v) is 6.84. The number of benzene rings is 1. The first-order chi connectivity index (χ1) is 12.3. The molecule has 0 spiro atoms. The molecule has 3 amide bonds. The number of carbonyl (C=O) groups excluding carboxylic acids is 3. The predicted molar refractivity (Wildman–Crippen MR) is 98.8 cm³/mol. The average molecular weight is 423 g/mol. The number of amides is 3. The fraction of sp³-hybridized carbons (Fsp3) is 0.438. The van der Waals surface area contributed by atoms with E-state index in [2.05, 4.69) is 10.6 Å². The lowest BCUT2D eigenvalue weighted by Crippen LogP contribution is -2.48. The quantitative estimate of drug-likeness (QED) is 0.685. The zero-order chi connectivity index (χ0) is 19.3. The van der Waals surface area contributed by atoms with Crippen molar-refractivity contribution >= 4 is 52.5 Å². The van der Waals surface area contributed by atoms with Gasteiger partial charge >= 0.3 is 0 Å². The molecule has 0 aliphatic carbocycles. The van der Waals surface area contributed by atoms with Crippen LogP contribution in [0, 0.1) is 0 Å².